The zero-order valence-electron chi connectivity index (χ0n) is 10.9. The number of H-pyrrole nitrogens is 1. The molecule has 1 heterocycles. The summed E-state index contributed by atoms with van der Waals surface area (Å²) < 4.78 is 1.28. The molecule has 5 N–H and O–H groups in total. The van der Waals surface area contributed by atoms with Crippen molar-refractivity contribution in [3.63, 3.8) is 0 Å². The fourth-order valence-electron chi connectivity index (χ4n) is 1.57. The lowest BCUT2D eigenvalue weighted by Gasteiger charge is -2.21. The van der Waals surface area contributed by atoms with Gasteiger partial charge < -0.3 is 16.2 Å². The van der Waals surface area contributed by atoms with Crippen LogP contribution in [0.2, 0.25) is 0 Å². The number of aromatic nitrogens is 2. The lowest BCUT2D eigenvalue weighted by Crippen LogP contribution is -2.36. The fourth-order valence-corrected chi connectivity index (χ4v) is 1.57. The number of anilines is 2. The SMILES string of the molecule is CCn1c(N)c(NC(C)C(C)CO)c(=O)[nH]c1=O. The van der Waals surface area contributed by atoms with Gasteiger partial charge in [0.2, 0.25) is 0 Å². The third-order valence-electron chi connectivity index (χ3n) is 3.07. The van der Waals surface area contributed by atoms with Crippen LogP contribution in [0, 0.1) is 5.92 Å². The molecule has 0 saturated heterocycles. The van der Waals surface area contributed by atoms with Gasteiger partial charge in [-0.3, -0.25) is 14.3 Å². The topological polar surface area (TPSA) is 113 Å². The molecule has 2 unspecified atom stereocenters. The summed E-state index contributed by atoms with van der Waals surface area (Å²) in [6, 6.07) is -0.138. The van der Waals surface area contributed by atoms with Crippen LogP contribution in [0.4, 0.5) is 11.5 Å². The highest BCUT2D eigenvalue weighted by Crippen LogP contribution is 2.14. The van der Waals surface area contributed by atoms with E-state index in [0.29, 0.717) is 6.54 Å². The Morgan fingerprint density at radius 2 is 2.06 bits per heavy atom. The monoisotopic (exact) mass is 256 g/mol. The average molecular weight is 256 g/mol. The molecule has 1 rings (SSSR count). The Labute approximate surface area is 105 Å². The van der Waals surface area contributed by atoms with Gasteiger partial charge in [0.1, 0.15) is 11.5 Å². The molecule has 102 valence electrons. The highest BCUT2D eigenvalue weighted by atomic mass is 16.3. The quantitative estimate of drug-likeness (QED) is 0.571. The van der Waals surface area contributed by atoms with Crippen LogP contribution >= 0.6 is 0 Å². The normalized spacial score (nSPS) is 14.2. The zero-order valence-corrected chi connectivity index (χ0v) is 10.9. The Balaban J connectivity index is 3.18. The van der Waals surface area contributed by atoms with Crippen LogP contribution in [0.5, 0.6) is 0 Å². The van der Waals surface area contributed by atoms with Crippen LogP contribution < -0.4 is 22.3 Å². The molecule has 0 bridgehead atoms. The van der Waals surface area contributed by atoms with Crippen LogP contribution in [0.1, 0.15) is 20.8 Å². The van der Waals surface area contributed by atoms with Crippen molar-refractivity contribution in [2.75, 3.05) is 17.7 Å². The minimum absolute atomic E-state index is 0.000602. The van der Waals surface area contributed by atoms with E-state index in [4.69, 9.17) is 10.8 Å². The molecule has 0 aliphatic heterocycles. The fraction of sp³-hybridized carbons (Fsp3) is 0.636. The van der Waals surface area contributed by atoms with Crippen LogP contribution in [-0.4, -0.2) is 27.3 Å². The molecular weight excluding hydrogens is 236 g/mol. The van der Waals surface area contributed by atoms with E-state index in [1.807, 2.05) is 13.8 Å². The molecule has 1 aromatic heterocycles. The summed E-state index contributed by atoms with van der Waals surface area (Å²) in [4.78, 5) is 25.4. The van der Waals surface area contributed by atoms with Crippen molar-refractivity contribution >= 4 is 11.5 Å². The average Bonchev–Trinajstić information content (AvgIpc) is 2.33. The van der Waals surface area contributed by atoms with Crippen LogP contribution in [0.3, 0.4) is 0 Å². The van der Waals surface area contributed by atoms with E-state index in [2.05, 4.69) is 10.3 Å². The maximum atomic E-state index is 11.7. The maximum absolute atomic E-state index is 11.7. The summed E-state index contributed by atoms with van der Waals surface area (Å²) in [5.41, 5.74) is 4.91. The number of nitrogens with one attached hydrogen (secondary N) is 2. The van der Waals surface area contributed by atoms with Crippen molar-refractivity contribution in [2.45, 2.75) is 33.4 Å². The van der Waals surface area contributed by atoms with Gasteiger partial charge in [-0.15, -0.1) is 0 Å². The number of rotatable bonds is 5. The highest BCUT2D eigenvalue weighted by Gasteiger charge is 2.16. The van der Waals surface area contributed by atoms with E-state index in [1.54, 1.807) is 6.92 Å². The molecule has 0 saturated carbocycles. The number of nitrogens with two attached hydrogens (primary N) is 1. The van der Waals surface area contributed by atoms with Gasteiger partial charge in [0.15, 0.2) is 0 Å². The van der Waals surface area contributed by atoms with Gasteiger partial charge in [-0.05, 0) is 19.8 Å². The molecule has 18 heavy (non-hydrogen) atoms. The second kappa shape index (κ2) is 5.72. The van der Waals surface area contributed by atoms with Gasteiger partial charge in [-0.25, -0.2) is 4.79 Å². The minimum Gasteiger partial charge on any atom is -0.396 e. The van der Waals surface area contributed by atoms with Crippen molar-refractivity contribution in [1.29, 1.82) is 0 Å². The summed E-state index contributed by atoms with van der Waals surface area (Å²) in [6.07, 6.45) is 0. The molecule has 7 heteroatoms. The second-order valence-electron chi connectivity index (χ2n) is 4.36. The Morgan fingerprint density at radius 1 is 1.44 bits per heavy atom. The standard InChI is InChI=1S/C11H20N4O3/c1-4-15-9(12)8(10(17)14-11(15)18)13-7(3)6(2)5-16/h6-7,13,16H,4-5,12H2,1-3H3,(H,14,17,18). The third kappa shape index (κ3) is 2.73. The molecule has 0 radical (unpaired) electrons. The van der Waals surface area contributed by atoms with E-state index in [9.17, 15) is 9.59 Å². The van der Waals surface area contributed by atoms with Crippen LogP contribution in [0.15, 0.2) is 9.59 Å². The largest absolute Gasteiger partial charge is 0.396 e. The number of hydrogen-bond acceptors (Lipinski definition) is 5. The molecule has 1 aromatic rings. The lowest BCUT2D eigenvalue weighted by molar-refractivity contribution is 0.226. The first-order chi connectivity index (χ1) is 8.42. The molecule has 2 atom stereocenters. The van der Waals surface area contributed by atoms with E-state index < -0.39 is 11.2 Å². The summed E-state index contributed by atoms with van der Waals surface area (Å²) in [7, 11) is 0. The summed E-state index contributed by atoms with van der Waals surface area (Å²) in [6.45, 7) is 5.82. The number of aromatic amines is 1. The Morgan fingerprint density at radius 3 is 2.56 bits per heavy atom. The second-order valence-corrected chi connectivity index (χ2v) is 4.36. The molecule has 0 aliphatic carbocycles. The van der Waals surface area contributed by atoms with Crippen molar-refractivity contribution < 1.29 is 5.11 Å². The van der Waals surface area contributed by atoms with Gasteiger partial charge in [0.05, 0.1) is 0 Å². The van der Waals surface area contributed by atoms with E-state index in [-0.39, 0.29) is 30.1 Å². The van der Waals surface area contributed by atoms with E-state index in [0.717, 1.165) is 0 Å². The zero-order chi connectivity index (χ0) is 13.9. The van der Waals surface area contributed by atoms with E-state index >= 15 is 0 Å². The van der Waals surface area contributed by atoms with Gasteiger partial charge in [-0.2, -0.15) is 0 Å². The number of nitrogens with zero attached hydrogens (tertiary/aromatic N) is 1. The maximum Gasteiger partial charge on any atom is 0.330 e. The van der Waals surface area contributed by atoms with Gasteiger partial charge in [0, 0.05) is 19.2 Å². The third-order valence-corrected chi connectivity index (χ3v) is 3.07. The first kappa shape index (κ1) is 14.3. The number of hydrogen-bond donors (Lipinski definition) is 4. The van der Waals surface area contributed by atoms with Gasteiger partial charge in [-0.1, -0.05) is 6.92 Å². The predicted molar refractivity (Wildman–Crippen MR) is 70.7 cm³/mol. The molecule has 0 fully saturated rings. The van der Waals surface area contributed by atoms with Crippen LogP contribution in [-0.2, 0) is 6.54 Å². The van der Waals surface area contributed by atoms with Crippen molar-refractivity contribution in [1.82, 2.24) is 9.55 Å². The molecular formula is C11H20N4O3. The molecule has 0 aliphatic rings. The summed E-state index contributed by atoms with van der Waals surface area (Å²) in [5, 5.41) is 12.0. The highest BCUT2D eigenvalue weighted by molar-refractivity contribution is 5.60. The van der Waals surface area contributed by atoms with Gasteiger partial charge in [0.25, 0.3) is 5.56 Å². The Kier molecular flexibility index (Phi) is 4.55. The Bertz CT molecular complexity index is 520. The first-order valence-electron chi connectivity index (χ1n) is 5.92. The molecule has 0 spiro atoms. The molecule has 0 aromatic carbocycles. The minimum atomic E-state index is -0.542. The Hall–Kier alpha value is -1.76. The number of nitrogen functional groups attached to an aromatic ring is 1. The smallest absolute Gasteiger partial charge is 0.330 e. The predicted octanol–water partition coefficient (Wildman–Crippen LogP) is -0.432. The van der Waals surface area contributed by atoms with Crippen molar-refractivity contribution in [3.8, 4) is 0 Å². The molecule has 7 nitrogen and oxygen atoms in total. The van der Waals surface area contributed by atoms with Gasteiger partial charge >= 0.3 is 5.69 Å². The lowest BCUT2D eigenvalue weighted by atomic mass is 10.1. The number of aliphatic hydroxyl groups excluding tert-OH is 1. The van der Waals surface area contributed by atoms with Crippen LogP contribution in [0.25, 0.3) is 0 Å². The van der Waals surface area contributed by atoms with Crippen molar-refractivity contribution in [2.24, 2.45) is 5.92 Å². The molecule has 0 amide bonds. The summed E-state index contributed by atoms with van der Waals surface area (Å²) in [5.74, 6) is 0.0778. The van der Waals surface area contributed by atoms with E-state index in [1.165, 1.54) is 4.57 Å². The summed E-state index contributed by atoms with van der Waals surface area (Å²) >= 11 is 0. The van der Waals surface area contributed by atoms with Crippen molar-refractivity contribution in [3.05, 3.63) is 20.8 Å². The number of aliphatic hydroxyl groups is 1. The first-order valence-corrected chi connectivity index (χ1v) is 5.92.